The van der Waals surface area contributed by atoms with Crippen molar-refractivity contribution >= 4 is 0 Å². The van der Waals surface area contributed by atoms with Crippen molar-refractivity contribution in [3.63, 3.8) is 0 Å². The first kappa shape index (κ1) is 37.4. The molecule has 9 nitrogen and oxygen atoms in total. The SMILES string of the molecule is OC(COCC(O)(F)F)COCC(F)(F)OC(F)(F)C(F)(F)OF.OCC(O)COC[C-](F)F.[Rf]. The topological polar surface area (TPSA) is 127 Å². The number of halogens is 11. The minimum Gasteiger partial charge on any atom is -0.419 e. The smallest absolute Gasteiger partial charge is 0.419 e. The zero-order valence-electron chi connectivity index (χ0n) is 17.3. The molecule has 0 aliphatic rings. The van der Waals surface area contributed by atoms with E-state index >= 15 is 0 Å². The van der Waals surface area contributed by atoms with E-state index < -0.39 is 82.7 Å². The number of aliphatic hydroxyl groups excluding tert-OH is 3. The quantitative estimate of drug-likeness (QED) is 0.128. The van der Waals surface area contributed by atoms with Gasteiger partial charge in [0, 0.05) is 6.43 Å². The summed E-state index contributed by atoms with van der Waals surface area (Å²) in [6.07, 6.45) is -26.0. The maximum atomic E-state index is 12.9. The van der Waals surface area contributed by atoms with Crippen molar-refractivity contribution in [1.29, 1.82) is 0 Å². The van der Waals surface area contributed by atoms with Crippen LogP contribution in [0.25, 0.3) is 0 Å². The summed E-state index contributed by atoms with van der Waals surface area (Å²) in [5.74, 6) is 0. The van der Waals surface area contributed by atoms with Gasteiger partial charge in [-0.15, -0.1) is 4.94 Å². The molecule has 0 spiro atoms. The second kappa shape index (κ2) is 16.5. The Kier molecular flexibility index (Phi) is 17.7. The summed E-state index contributed by atoms with van der Waals surface area (Å²) in [6, 6.07) is 0. The van der Waals surface area contributed by atoms with E-state index in [2.05, 4.69) is 18.9 Å². The Bertz CT molecular complexity index is 530. The molecule has 0 radical (unpaired) electrons. The molecule has 2 atom stereocenters. The second-order valence-corrected chi connectivity index (χ2v) is 5.89. The van der Waals surface area contributed by atoms with E-state index in [0.29, 0.717) is 0 Å². The predicted octanol–water partition coefficient (Wildman–Crippen LogP) is 1.45. The van der Waals surface area contributed by atoms with Gasteiger partial charge in [-0.3, -0.25) is 0 Å². The molecule has 0 rings (SSSR count). The molecule has 35 heavy (non-hydrogen) atoms. The molecular formula is C14H20F11O9Rf-. The third-order valence-electron chi connectivity index (χ3n) is 2.61. The molecule has 2 unspecified atom stereocenters. The fraction of sp³-hybridized carbons (Fsp3) is 0.929. The normalized spacial score (nSPS) is 14.7. The van der Waals surface area contributed by atoms with Crippen LogP contribution in [0.1, 0.15) is 0 Å². The van der Waals surface area contributed by atoms with Crippen LogP contribution >= 0.6 is 0 Å². The largest absolute Gasteiger partial charge is 0.478 e. The zero-order valence-corrected chi connectivity index (χ0v) is 23.7. The summed E-state index contributed by atoms with van der Waals surface area (Å²) in [6.45, 7) is -7.16. The first-order valence-electron chi connectivity index (χ1n) is 8.39. The van der Waals surface area contributed by atoms with Crippen molar-refractivity contribution in [3.8, 4) is 0 Å². The molecule has 21 heteroatoms. The summed E-state index contributed by atoms with van der Waals surface area (Å²) in [7, 11) is 0. The van der Waals surface area contributed by atoms with Crippen LogP contribution in [0.3, 0.4) is 0 Å². The maximum Gasteiger partial charge on any atom is 0.478 e. The minimum atomic E-state index is -6.05. The van der Waals surface area contributed by atoms with Crippen molar-refractivity contribution in [2.45, 2.75) is 36.6 Å². The Hall–Kier alpha value is -2.13. The van der Waals surface area contributed by atoms with Crippen molar-refractivity contribution in [1.82, 2.24) is 0 Å². The van der Waals surface area contributed by atoms with E-state index in [1.165, 1.54) is 0 Å². The van der Waals surface area contributed by atoms with E-state index in [-0.39, 0.29) is 6.61 Å². The van der Waals surface area contributed by atoms with Crippen molar-refractivity contribution < 1.29 is 92.7 Å². The Morgan fingerprint density at radius 1 is 0.743 bits per heavy atom. The Morgan fingerprint density at radius 2 is 1.20 bits per heavy atom. The molecule has 4 N–H and O–H groups in total. The van der Waals surface area contributed by atoms with Gasteiger partial charge < -0.3 is 43.4 Å². The molecule has 0 amide bonds. The first-order chi connectivity index (χ1) is 15.3. The van der Waals surface area contributed by atoms with Crippen LogP contribution in [0.15, 0.2) is 0 Å². The van der Waals surface area contributed by atoms with Crippen molar-refractivity contribution in [2.24, 2.45) is 0 Å². The van der Waals surface area contributed by atoms with Gasteiger partial charge in [0.25, 0.3) is 0 Å². The predicted molar refractivity (Wildman–Crippen MR) is 82.3 cm³/mol. The van der Waals surface area contributed by atoms with Gasteiger partial charge in [0.1, 0.15) is 25.4 Å². The van der Waals surface area contributed by atoms with Gasteiger partial charge in [-0.25, -0.2) is 4.74 Å². The minimum absolute atomic E-state index is 0. The number of rotatable bonds is 17. The van der Waals surface area contributed by atoms with Crippen molar-refractivity contribution in [2.75, 3.05) is 46.2 Å². The van der Waals surface area contributed by atoms with Gasteiger partial charge in [-0.2, -0.15) is 35.1 Å². The molecule has 0 saturated carbocycles. The van der Waals surface area contributed by atoms with Crippen LogP contribution in [0.2, 0.25) is 0 Å². The molecule has 210 valence electrons. The van der Waals surface area contributed by atoms with Gasteiger partial charge in [-0.05, 0) is 11.1 Å². The molecule has 0 aliphatic carbocycles. The van der Waals surface area contributed by atoms with Gasteiger partial charge in [0.15, 0.2) is 0 Å². The summed E-state index contributed by atoms with van der Waals surface area (Å²) in [5.41, 5.74) is 0. The Labute approximate surface area is 183 Å². The number of ether oxygens (including phenoxy) is 4. The number of alkyl halides is 8. The third kappa shape index (κ3) is 19.8. The van der Waals surface area contributed by atoms with E-state index in [9.17, 15) is 48.4 Å². The van der Waals surface area contributed by atoms with Gasteiger partial charge >= 0.3 is 24.4 Å². The molecule has 0 aliphatic heterocycles. The summed E-state index contributed by atoms with van der Waals surface area (Å²) >= 11 is 0. The molecule has 0 fully saturated rings. The molecule has 0 heterocycles. The van der Waals surface area contributed by atoms with E-state index in [1.807, 2.05) is 0 Å². The molecule has 0 aromatic rings. The average molecular weight is 808 g/mol. The summed E-state index contributed by atoms with van der Waals surface area (Å²) in [5, 5.41) is 33.7. The molecule has 0 saturated heterocycles. The molecular weight excluding hydrogens is 788 g/mol. The monoisotopic (exact) mass is 808 g/mol. The standard InChI is InChI=1S/C9H11F9O6.C5H9F2O3.Rf/c10-6(11,20)3-21-1-5(19)2-22-4-7(12,13)23-8(14,15)9(16,17)24-18;6-5(7)3-10-2-4(9)1-8;/h5,19-20H,1-4H2;4,8-9H,1-3H2;/q;-1;. The van der Waals surface area contributed by atoms with E-state index in [4.69, 9.17) is 20.4 Å². The number of aliphatic hydroxyl groups is 4. The van der Waals surface area contributed by atoms with Crippen LogP contribution in [-0.2, 0) is 23.9 Å². The first-order valence-corrected chi connectivity index (χ1v) is 8.39. The molecule has 0 aromatic heterocycles. The number of hydrogen-bond donors (Lipinski definition) is 4. The van der Waals surface area contributed by atoms with E-state index in [1.54, 1.807) is 4.94 Å². The average Bonchev–Trinajstić information content (AvgIpc) is 2.65. The fourth-order valence-electron chi connectivity index (χ4n) is 1.33. The number of hydrogen-bond acceptors (Lipinski definition) is 9. The van der Waals surface area contributed by atoms with Crippen LogP contribution < -0.4 is 0 Å². The van der Waals surface area contributed by atoms with Crippen LogP contribution in [0.5, 0.6) is 0 Å². The van der Waals surface area contributed by atoms with Crippen LogP contribution in [0, 0.1) is 6.43 Å². The Balaban J connectivity index is -0.000000784. The van der Waals surface area contributed by atoms with E-state index in [0.717, 1.165) is 0 Å². The van der Waals surface area contributed by atoms with Gasteiger partial charge in [-0.1, -0.05) is 0 Å². The zero-order chi connectivity index (χ0) is 27.2. The van der Waals surface area contributed by atoms with Crippen molar-refractivity contribution in [3.05, 3.63) is 6.43 Å². The van der Waals surface area contributed by atoms with Gasteiger partial charge in [0.2, 0.25) is 0 Å². The third-order valence-corrected chi connectivity index (χ3v) is 2.61. The fourth-order valence-corrected chi connectivity index (χ4v) is 1.33. The van der Waals surface area contributed by atoms with Gasteiger partial charge in [0.05, 0.1) is 26.4 Å². The molecule has 0 aromatic carbocycles. The second-order valence-electron chi connectivity index (χ2n) is 5.89. The molecule has 0 bridgehead atoms. The summed E-state index contributed by atoms with van der Waals surface area (Å²) < 4.78 is 147. The maximum absolute atomic E-state index is 12.9. The van der Waals surface area contributed by atoms with Crippen LogP contribution in [-0.4, -0.2) is 103 Å². The summed E-state index contributed by atoms with van der Waals surface area (Å²) in [4.78, 5) is 1.54. The Morgan fingerprint density at radius 3 is 1.60 bits per heavy atom. The van der Waals surface area contributed by atoms with Crippen LogP contribution in [0.4, 0.5) is 48.4 Å².